The summed E-state index contributed by atoms with van der Waals surface area (Å²) in [6.45, 7) is 9.65. The van der Waals surface area contributed by atoms with Crippen LogP contribution in [0.2, 0.25) is 0 Å². The van der Waals surface area contributed by atoms with E-state index >= 15 is 0 Å². The van der Waals surface area contributed by atoms with E-state index in [0.717, 1.165) is 40.4 Å². The quantitative estimate of drug-likeness (QED) is 0.181. The van der Waals surface area contributed by atoms with Crippen LogP contribution in [0.4, 0.5) is 17.1 Å². The number of ether oxygens (including phenoxy) is 1. The van der Waals surface area contributed by atoms with Crippen LogP contribution in [0, 0.1) is 23.7 Å². The van der Waals surface area contributed by atoms with E-state index in [2.05, 4.69) is 160 Å². The van der Waals surface area contributed by atoms with Crippen molar-refractivity contribution in [3.63, 3.8) is 0 Å². The number of benzene rings is 6. The fraction of sp³-hybridized carbons (Fsp3) is 0.346. The third kappa shape index (κ3) is 4.77. The van der Waals surface area contributed by atoms with Gasteiger partial charge in [0.05, 0.1) is 0 Å². The average Bonchev–Trinajstić information content (AvgIpc) is 3.18. The van der Waals surface area contributed by atoms with E-state index in [-0.39, 0.29) is 16.2 Å². The molecule has 0 radical (unpaired) electrons. The molecule has 1 spiro atoms. The number of hydrogen-bond donors (Lipinski definition) is 0. The Hall–Kier alpha value is -4.82. The Morgan fingerprint density at radius 3 is 1.80 bits per heavy atom. The summed E-state index contributed by atoms with van der Waals surface area (Å²) in [6, 6.07) is 48.3. The van der Waals surface area contributed by atoms with Crippen LogP contribution in [-0.4, -0.2) is 0 Å². The molecule has 0 amide bonds. The van der Waals surface area contributed by atoms with Gasteiger partial charge in [-0.25, -0.2) is 0 Å². The molecule has 0 unspecified atom stereocenters. The lowest BCUT2D eigenvalue weighted by Crippen LogP contribution is -2.56. The fourth-order valence-corrected chi connectivity index (χ4v) is 12.4. The van der Waals surface area contributed by atoms with Gasteiger partial charge in [-0.1, -0.05) is 113 Å². The zero-order chi connectivity index (χ0) is 36.4. The molecular weight excluding hydrogens is 655 g/mol. The van der Waals surface area contributed by atoms with E-state index in [0.29, 0.717) is 11.8 Å². The largest absolute Gasteiger partial charge is 0.457 e. The van der Waals surface area contributed by atoms with Crippen LogP contribution in [0.3, 0.4) is 0 Å². The first-order chi connectivity index (χ1) is 26.2. The summed E-state index contributed by atoms with van der Waals surface area (Å²) in [4.78, 5) is 2.43. The summed E-state index contributed by atoms with van der Waals surface area (Å²) < 4.78 is 6.97. The molecule has 4 saturated carbocycles. The number of hydrogen-bond acceptors (Lipinski definition) is 2. The summed E-state index contributed by atoms with van der Waals surface area (Å²) in [6.07, 6.45) is 9.34. The van der Waals surface area contributed by atoms with Gasteiger partial charge in [0.25, 0.3) is 0 Å². The predicted molar refractivity (Wildman–Crippen MR) is 224 cm³/mol. The van der Waals surface area contributed by atoms with E-state index in [1.54, 1.807) is 0 Å². The van der Waals surface area contributed by atoms with Crippen molar-refractivity contribution in [2.24, 2.45) is 23.7 Å². The van der Waals surface area contributed by atoms with E-state index in [4.69, 9.17) is 4.74 Å². The molecule has 4 bridgehead atoms. The third-order valence-electron chi connectivity index (χ3n) is 15.0. The smallest absolute Gasteiger partial charge is 0.133 e. The van der Waals surface area contributed by atoms with Crippen molar-refractivity contribution >= 4 is 27.8 Å². The minimum absolute atomic E-state index is 0.0458. The van der Waals surface area contributed by atoms with Crippen molar-refractivity contribution in [3.8, 4) is 22.6 Å². The van der Waals surface area contributed by atoms with Crippen LogP contribution in [-0.2, 0) is 16.2 Å². The molecule has 54 heavy (non-hydrogen) atoms. The Morgan fingerprint density at radius 2 is 1.04 bits per heavy atom. The lowest BCUT2D eigenvalue weighted by Gasteiger charge is -2.63. The van der Waals surface area contributed by atoms with Crippen molar-refractivity contribution in [2.75, 3.05) is 4.90 Å². The molecule has 5 aliphatic carbocycles. The standard InChI is InChI=1S/C52H51NO/c1-50(2)23-24-51(3,4)47-31-38(16-21-44(47)50)36-13-17-41(18-14-36)53(42-19-15-35-9-5-6-10-37(35)30-42)43-20-22-46-49(32-43)54-48-12-8-7-11-45(48)52(46)39-26-33-25-34(28-39)29-40(52)27-33/h5-22,30-34,39-40H,23-29H2,1-4H3. The number of nitrogens with zero attached hydrogens (tertiary/aromatic N) is 1. The first-order valence-corrected chi connectivity index (χ1v) is 20.6. The van der Waals surface area contributed by atoms with Gasteiger partial charge in [0, 0.05) is 39.7 Å². The Kier molecular flexibility index (Phi) is 7.00. The Balaban J connectivity index is 1.03. The van der Waals surface area contributed by atoms with Gasteiger partial charge in [0.15, 0.2) is 0 Å². The Morgan fingerprint density at radius 1 is 0.463 bits per heavy atom. The van der Waals surface area contributed by atoms with E-state index in [1.165, 1.54) is 89.1 Å². The number of anilines is 3. The van der Waals surface area contributed by atoms with E-state index in [1.807, 2.05) is 0 Å². The van der Waals surface area contributed by atoms with E-state index < -0.39 is 0 Å². The maximum Gasteiger partial charge on any atom is 0.133 e. The molecule has 6 aromatic rings. The van der Waals surface area contributed by atoms with Crippen LogP contribution in [0.25, 0.3) is 21.9 Å². The van der Waals surface area contributed by atoms with Crippen LogP contribution < -0.4 is 9.64 Å². The second kappa shape index (κ2) is 11.6. The van der Waals surface area contributed by atoms with Crippen molar-refractivity contribution in [3.05, 3.63) is 150 Å². The SMILES string of the molecule is CC1(C)CCC(C)(C)c2cc(-c3ccc(N(c4ccc5c(c4)Oc4ccccc4C54C5CC6CC(C5)CC4C6)c4ccc5ccccc5c4)cc3)ccc21. The highest BCUT2D eigenvalue weighted by Crippen LogP contribution is 2.69. The molecule has 6 aromatic carbocycles. The first kappa shape index (κ1) is 32.6. The second-order valence-electron chi connectivity index (χ2n) is 18.9. The minimum Gasteiger partial charge on any atom is -0.457 e. The highest BCUT2D eigenvalue weighted by atomic mass is 16.5. The summed E-state index contributed by atoms with van der Waals surface area (Å²) in [5.74, 6) is 5.29. The normalized spacial score (nSPS) is 26.5. The molecule has 1 heterocycles. The fourth-order valence-electron chi connectivity index (χ4n) is 12.4. The van der Waals surface area contributed by atoms with Gasteiger partial charge < -0.3 is 9.64 Å². The topological polar surface area (TPSA) is 12.5 Å². The van der Waals surface area contributed by atoms with Gasteiger partial charge in [-0.15, -0.1) is 0 Å². The van der Waals surface area contributed by atoms with Crippen molar-refractivity contribution in [2.45, 2.75) is 88.9 Å². The highest BCUT2D eigenvalue weighted by Gasteiger charge is 2.61. The monoisotopic (exact) mass is 705 g/mol. The molecule has 12 rings (SSSR count). The molecule has 0 aromatic heterocycles. The van der Waals surface area contributed by atoms with Gasteiger partial charge in [0.1, 0.15) is 11.5 Å². The zero-order valence-corrected chi connectivity index (χ0v) is 32.2. The molecule has 6 aliphatic rings. The summed E-state index contributed by atoms with van der Waals surface area (Å²) in [5, 5.41) is 2.50. The average molecular weight is 706 g/mol. The van der Waals surface area contributed by atoms with Crippen LogP contribution in [0.15, 0.2) is 127 Å². The molecule has 2 heteroatoms. The predicted octanol–water partition coefficient (Wildman–Crippen LogP) is 14.2. The zero-order valence-electron chi connectivity index (χ0n) is 32.2. The summed E-state index contributed by atoms with van der Waals surface area (Å²) in [7, 11) is 0. The number of fused-ring (bicyclic) bond motifs is 4. The molecular formula is C52H51NO. The molecule has 1 aliphatic heterocycles. The van der Waals surface area contributed by atoms with Crippen molar-refractivity contribution < 1.29 is 4.74 Å². The first-order valence-electron chi connectivity index (χ1n) is 20.6. The van der Waals surface area contributed by atoms with E-state index in [9.17, 15) is 0 Å². The van der Waals surface area contributed by atoms with Gasteiger partial charge in [-0.05, 0) is 149 Å². The van der Waals surface area contributed by atoms with Crippen LogP contribution >= 0.6 is 0 Å². The minimum atomic E-state index is 0.0458. The molecule has 2 nitrogen and oxygen atoms in total. The number of para-hydroxylation sites is 1. The van der Waals surface area contributed by atoms with Crippen LogP contribution in [0.1, 0.15) is 94.9 Å². The molecule has 0 atom stereocenters. The van der Waals surface area contributed by atoms with Crippen LogP contribution in [0.5, 0.6) is 11.5 Å². The molecule has 0 N–H and O–H groups in total. The van der Waals surface area contributed by atoms with Crippen molar-refractivity contribution in [1.82, 2.24) is 0 Å². The third-order valence-corrected chi connectivity index (χ3v) is 15.0. The van der Waals surface area contributed by atoms with Crippen molar-refractivity contribution in [1.29, 1.82) is 0 Å². The maximum atomic E-state index is 6.97. The Bertz CT molecular complexity index is 2420. The number of rotatable bonds is 4. The lowest BCUT2D eigenvalue weighted by molar-refractivity contribution is -0.0452. The Labute approximate surface area is 321 Å². The molecule has 0 saturated heterocycles. The second-order valence-corrected chi connectivity index (χ2v) is 18.9. The lowest BCUT2D eigenvalue weighted by atomic mass is 9.42. The van der Waals surface area contributed by atoms with Gasteiger partial charge in [-0.2, -0.15) is 0 Å². The van der Waals surface area contributed by atoms with Gasteiger partial charge in [-0.3, -0.25) is 0 Å². The van der Waals surface area contributed by atoms with Gasteiger partial charge in [0.2, 0.25) is 0 Å². The molecule has 4 fully saturated rings. The highest BCUT2D eigenvalue weighted by molar-refractivity contribution is 5.90. The molecule has 270 valence electrons. The maximum absolute atomic E-state index is 6.97. The van der Waals surface area contributed by atoms with Gasteiger partial charge >= 0.3 is 0 Å². The summed E-state index contributed by atoms with van der Waals surface area (Å²) >= 11 is 0. The summed E-state index contributed by atoms with van der Waals surface area (Å²) in [5.41, 5.74) is 12.3.